The minimum absolute atomic E-state index is 0.0603. The first kappa shape index (κ1) is 19.9. The molecule has 0 bridgehead atoms. The van der Waals surface area contributed by atoms with Crippen LogP contribution >= 0.6 is 0 Å². The van der Waals surface area contributed by atoms with E-state index in [1.807, 2.05) is 77.7 Å². The van der Waals surface area contributed by atoms with Crippen LogP contribution in [0.15, 0.2) is 83.8 Å². The normalized spacial score (nSPS) is 14.5. The number of rotatable bonds is 2. The van der Waals surface area contributed by atoms with Crippen LogP contribution in [0.5, 0.6) is 0 Å². The number of hydrogen-bond acceptors (Lipinski definition) is 5. The predicted octanol–water partition coefficient (Wildman–Crippen LogP) is 3.95. The van der Waals surface area contributed by atoms with Crippen molar-refractivity contribution in [1.29, 1.82) is 0 Å². The van der Waals surface area contributed by atoms with Crippen LogP contribution in [-0.2, 0) is 0 Å². The van der Waals surface area contributed by atoms with E-state index in [9.17, 15) is 9.59 Å². The zero-order valence-electron chi connectivity index (χ0n) is 18.9. The molecule has 170 valence electrons. The lowest BCUT2D eigenvalue weighted by Crippen LogP contribution is -2.49. The highest BCUT2D eigenvalue weighted by Gasteiger charge is 2.26. The molecule has 1 saturated heterocycles. The van der Waals surface area contributed by atoms with E-state index in [4.69, 9.17) is 4.98 Å². The lowest BCUT2D eigenvalue weighted by Gasteiger charge is -2.35. The summed E-state index contributed by atoms with van der Waals surface area (Å²) in [5.41, 5.74) is 2.24. The van der Waals surface area contributed by atoms with Crippen LogP contribution in [0.1, 0.15) is 10.4 Å². The van der Waals surface area contributed by atoms with E-state index >= 15 is 0 Å². The number of aromatic nitrogens is 3. The van der Waals surface area contributed by atoms with E-state index in [-0.39, 0.29) is 11.5 Å². The zero-order chi connectivity index (χ0) is 23.5. The van der Waals surface area contributed by atoms with Gasteiger partial charge in [0.1, 0.15) is 17.0 Å². The third kappa shape index (κ3) is 2.91. The topological polar surface area (TPSA) is 70.8 Å². The highest BCUT2D eigenvalue weighted by atomic mass is 16.2. The minimum atomic E-state index is -0.111. The SMILES string of the molecule is O=C(c1cccc2c1nc1c3cccc4cccc(c(=O)n21)c43)N1CCN(c2ccccn2)CC1. The van der Waals surface area contributed by atoms with E-state index < -0.39 is 0 Å². The summed E-state index contributed by atoms with van der Waals surface area (Å²) in [5, 5.41) is 3.50. The number of benzene rings is 3. The van der Waals surface area contributed by atoms with Crippen molar-refractivity contribution in [2.45, 2.75) is 0 Å². The van der Waals surface area contributed by atoms with Crippen molar-refractivity contribution in [2.24, 2.45) is 0 Å². The summed E-state index contributed by atoms with van der Waals surface area (Å²) in [6, 6.07) is 23.1. The van der Waals surface area contributed by atoms with E-state index in [1.165, 1.54) is 0 Å². The first-order valence-corrected chi connectivity index (χ1v) is 11.7. The summed E-state index contributed by atoms with van der Waals surface area (Å²) in [6.07, 6.45) is 1.79. The smallest absolute Gasteiger partial charge is 0.264 e. The number of carbonyl (C=O) groups excluding carboxylic acids is 1. The number of imidazole rings is 1. The largest absolute Gasteiger partial charge is 0.353 e. The van der Waals surface area contributed by atoms with Gasteiger partial charge in [0.2, 0.25) is 0 Å². The van der Waals surface area contributed by atoms with Gasteiger partial charge in [0.05, 0.1) is 11.1 Å². The van der Waals surface area contributed by atoms with E-state index in [2.05, 4.69) is 9.88 Å². The molecule has 1 fully saturated rings. The number of fused-ring (bicyclic) bond motifs is 4. The monoisotopic (exact) mass is 459 g/mol. The highest BCUT2D eigenvalue weighted by molar-refractivity contribution is 6.16. The third-order valence-corrected chi connectivity index (χ3v) is 7.03. The quantitative estimate of drug-likeness (QED) is 0.392. The van der Waals surface area contributed by atoms with Crippen LogP contribution < -0.4 is 10.5 Å². The Bertz CT molecular complexity index is 1800. The van der Waals surface area contributed by atoms with E-state index in [1.54, 1.807) is 10.6 Å². The van der Waals surface area contributed by atoms with E-state index in [0.29, 0.717) is 53.8 Å². The Balaban J connectivity index is 1.33. The second-order valence-electron chi connectivity index (χ2n) is 8.93. The van der Waals surface area contributed by atoms with Crippen LogP contribution in [0.4, 0.5) is 5.82 Å². The Labute approximate surface area is 200 Å². The summed E-state index contributed by atoms with van der Waals surface area (Å²) < 4.78 is 1.65. The summed E-state index contributed by atoms with van der Waals surface area (Å²) in [4.78, 5) is 40.5. The number of carbonyl (C=O) groups is 1. The molecule has 3 aromatic carbocycles. The molecule has 1 amide bonds. The molecule has 0 spiro atoms. The standard InChI is InChI=1S/C28H21N5O2/c34-27(32-16-14-31(15-17-32)23-12-1-2-13-29-23)21-10-5-11-22-25(21)30-26-19-8-3-6-18-7-4-9-20(24(18)19)28(35)33(22)26/h1-13H,14-17H2. The fraction of sp³-hybridized carbons (Fsp3) is 0.143. The number of amides is 1. The Kier molecular flexibility index (Phi) is 4.26. The van der Waals surface area contributed by atoms with Crippen molar-refractivity contribution in [2.75, 3.05) is 31.1 Å². The molecule has 0 N–H and O–H groups in total. The fourth-order valence-electron chi connectivity index (χ4n) is 5.33. The molecule has 1 aliphatic rings. The van der Waals surface area contributed by atoms with Crippen LogP contribution in [0.25, 0.3) is 38.2 Å². The van der Waals surface area contributed by atoms with Gasteiger partial charge < -0.3 is 9.80 Å². The number of para-hydroxylation sites is 1. The summed E-state index contributed by atoms with van der Waals surface area (Å²) in [7, 11) is 0. The second-order valence-corrected chi connectivity index (χ2v) is 8.93. The van der Waals surface area contributed by atoms with Crippen molar-refractivity contribution in [3.63, 3.8) is 0 Å². The third-order valence-electron chi connectivity index (χ3n) is 7.03. The molecule has 6 aromatic rings. The molecule has 0 unspecified atom stereocenters. The lowest BCUT2D eigenvalue weighted by molar-refractivity contribution is 0.0748. The maximum Gasteiger partial charge on any atom is 0.264 e. The zero-order valence-corrected chi connectivity index (χ0v) is 18.9. The molecule has 35 heavy (non-hydrogen) atoms. The van der Waals surface area contributed by atoms with Gasteiger partial charge in [-0.15, -0.1) is 0 Å². The molecule has 0 radical (unpaired) electrons. The predicted molar refractivity (Wildman–Crippen MR) is 138 cm³/mol. The molecule has 1 aliphatic heterocycles. The number of hydrogen-bond donors (Lipinski definition) is 0. The summed E-state index contributed by atoms with van der Waals surface area (Å²) >= 11 is 0. The molecule has 7 nitrogen and oxygen atoms in total. The fourth-order valence-corrected chi connectivity index (χ4v) is 5.33. The maximum absolute atomic E-state index is 13.6. The van der Waals surface area contributed by atoms with Gasteiger partial charge in [-0.05, 0) is 35.7 Å². The number of anilines is 1. The lowest BCUT2D eigenvalue weighted by atomic mass is 10.0. The highest BCUT2D eigenvalue weighted by Crippen LogP contribution is 2.30. The van der Waals surface area contributed by atoms with Crippen LogP contribution in [0.3, 0.4) is 0 Å². The number of piperazine rings is 1. The molecule has 3 aromatic heterocycles. The molecule has 7 rings (SSSR count). The van der Waals surface area contributed by atoms with Crippen molar-refractivity contribution in [3.8, 4) is 0 Å². The molecule has 4 heterocycles. The molecule has 0 aliphatic carbocycles. The van der Waals surface area contributed by atoms with E-state index in [0.717, 1.165) is 22.0 Å². The van der Waals surface area contributed by atoms with Gasteiger partial charge in [0.25, 0.3) is 11.5 Å². The molecule has 0 saturated carbocycles. The number of pyridine rings is 2. The van der Waals surface area contributed by atoms with Crippen molar-refractivity contribution in [1.82, 2.24) is 19.3 Å². The minimum Gasteiger partial charge on any atom is -0.353 e. The Hall–Kier alpha value is -4.52. The Morgan fingerprint density at radius 2 is 1.57 bits per heavy atom. The first-order chi connectivity index (χ1) is 17.2. The van der Waals surface area contributed by atoms with Crippen LogP contribution in [0.2, 0.25) is 0 Å². The Morgan fingerprint density at radius 1 is 0.800 bits per heavy atom. The number of nitrogens with zero attached hydrogens (tertiary/aromatic N) is 5. The molecule has 0 atom stereocenters. The van der Waals surface area contributed by atoms with Gasteiger partial charge in [0, 0.05) is 48.5 Å². The Morgan fingerprint density at radius 3 is 2.34 bits per heavy atom. The molecular formula is C28H21N5O2. The van der Waals surface area contributed by atoms with Gasteiger partial charge in [-0.25, -0.2) is 9.97 Å². The second kappa shape index (κ2) is 7.50. The maximum atomic E-state index is 13.6. The van der Waals surface area contributed by atoms with Gasteiger partial charge in [-0.1, -0.05) is 42.5 Å². The average Bonchev–Trinajstić information content (AvgIpc) is 3.32. The van der Waals surface area contributed by atoms with Crippen molar-refractivity contribution >= 4 is 50.0 Å². The van der Waals surface area contributed by atoms with Crippen molar-refractivity contribution < 1.29 is 4.79 Å². The molecular weight excluding hydrogens is 438 g/mol. The average molecular weight is 460 g/mol. The van der Waals surface area contributed by atoms with Gasteiger partial charge in [-0.2, -0.15) is 0 Å². The van der Waals surface area contributed by atoms with Gasteiger partial charge >= 0.3 is 0 Å². The molecule has 7 heteroatoms. The summed E-state index contributed by atoms with van der Waals surface area (Å²) in [6.45, 7) is 2.63. The van der Waals surface area contributed by atoms with Crippen LogP contribution in [0, 0.1) is 0 Å². The van der Waals surface area contributed by atoms with Gasteiger partial charge in [0.15, 0.2) is 0 Å². The van der Waals surface area contributed by atoms with Crippen molar-refractivity contribution in [3.05, 3.63) is 94.9 Å². The first-order valence-electron chi connectivity index (χ1n) is 11.7. The van der Waals surface area contributed by atoms with Crippen LogP contribution in [-0.4, -0.2) is 51.4 Å². The van der Waals surface area contributed by atoms with Gasteiger partial charge in [-0.3, -0.25) is 14.0 Å². The summed E-state index contributed by atoms with van der Waals surface area (Å²) in [5.74, 6) is 0.866.